The number of benzene rings is 2. The van der Waals surface area contributed by atoms with E-state index in [1.165, 1.54) is 36.0 Å². The van der Waals surface area contributed by atoms with Gasteiger partial charge in [-0.05, 0) is 49.2 Å². The van der Waals surface area contributed by atoms with E-state index in [1.54, 1.807) is 24.3 Å². The quantitative estimate of drug-likeness (QED) is 0.666. The number of thiocarbonyl (C=S) groups is 1. The lowest BCUT2D eigenvalue weighted by Gasteiger charge is -2.37. The van der Waals surface area contributed by atoms with Crippen LogP contribution in [0.4, 0.5) is 8.78 Å². The highest BCUT2D eigenvalue weighted by Gasteiger charge is 2.27. The van der Waals surface area contributed by atoms with E-state index in [0.29, 0.717) is 0 Å². The van der Waals surface area contributed by atoms with Crippen molar-refractivity contribution >= 4 is 28.3 Å². The molecule has 1 aliphatic rings. The van der Waals surface area contributed by atoms with Gasteiger partial charge in [0.25, 0.3) is 0 Å². The van der Waals surface area contributed by atoms with E-state index in [2.05, 4.69) is 4.90 Å². The van der Waals surface area contributed by atoms with E-state index in [-0.39, 0.29) is 29.1 Å². The van der Waals surface area contributed by atoms with Crippen molar-refractivity contribution in [2.24, 2.45) is 0 Å². The molecule has 6 heteroatoms. The van der Waals surface area contributed by atoms with Crippen LogP contribution in [-0.4, -0.2) is 34.5 Å². The fourth-order valence-corrected chi connectivity index (χ4v) is 4.63. The molecular weight excluding hydrogens is 372 g/mol. The van der Waals surface area contributed by atoms with Crippen molar-refractivity contribution in [2.75, 3.05) is 13.1 Å². The Morgan fingerprint density at radius 2 is 1.38 bits per heavy atom. The zero-order valence-corrected chi connectivity index (χ0v) is 16.3. The number of thioether (sulfide) groups is 1. The second kappa shape index (κ2) is 8.46. The van der Waals surface area contributed by atoms with Gasteiger partial charge in [-0.15, -0.1) is 0 Å². The van der Waals surface area contributed by atoms with E-state index in [1.807, 2.05) is 13.8 Å². The molecule has 0 aromatic heterocycles. The van der Waals surface area contributed by atoms with Gasteiger partial charge in [0.1, 0.15) is 16.0 Å². The molecule has 0 radical (unpaired) electrons. The van der Waals surface area contributed by atoms with Crippen LogP contribution in [0.5, 0.6) is 0 Å². The van der Waals surface area contributed by atoms with Crippen LogP contribution in [0.25, 0.3) is 0 Å². The molecule has 0 N–H and O–H groups in total. The van der Waals surface area contributed by atoms with Gasteiger partial charge in [0.05, 0.1) is 17.5 Å². The number of nitrogens with zero attached hydrogens (tertiary/aromatic N) is 1. The van der Waals surface area contributed by atoms with Gasteiger partial charge >= 0.3 is 0 Å². The number of ether oxygens (including phenoxy) is 1. The first kappa shape index (κ1) is 19.3. The molecule has 1 fully saturated rings. The molecule has 2 aromatic carbocycles. The summed E-state index contributed by atoms with van der Waals surface area (Å²) in [5.74, 6) is -0.565. The molecule has 1 heterocycles. The smallest absolute Gasteiger partial charge is 0.137 e. The number of halogens is 2. The van der Waals surface area contributed by atoms with Crippen LogP contribution in [0.1, 0.15) is 30.2 Å². The maximum atomic E-state index is 13.3. The summed E-state index contributed by atoms with van der Waals surface area (Å²) in [4.78, 5) is 2.15. The molecule has 26 heavy (non-hydrogen) atoms. The molecule has 0 saturated carbocycles. The molecule has 1 aliphatic heterocycles. The third kappa shape index (κ3) is 4.81. The predicted molar refractivity (Wildman–Crippen MR) is 106 cm³/mol. The minimum absolute atomic E-state index is 0.118. The molecule has 2 atom stereocenters. The molecule has 1 saturated heterocycles. The number of morpholine rings is 1. The Morgan fingerprint density at radius 3 is 1.81 bits per heavy atom. The van der Waals surface area contributed by atoms with Crippen LogP contribution in [0.2, 0.25) is 0 Å². The average Bonchev–Trinajstić information content (AvgIpc) is 2.60. The summed E-state index contributed by atoms with van der Waals surface area (Å²) in [5.41, 5.74) is 1.86. The Labute approximate surface area is 162 Å². The zero-order chi connectivity index (χ0) is 18.7. The van der Waals surface area contributed by atoms with Crippen LogP contribution < -0.4 is 0 Å². The van der Waals surface area contributed by atoms with Crippen LogP contribution in [-0.2, 0) is 4.74 Å². The Morgan fingerprint density at radius 1 is 0.962 bits per heavy atom. The highest BCUT2D eigenvalue weighted by Crippen LogP contribution is 2.38. The monoisotopic (exact) mass is 393 g/mol. The largest absolute Gasteiger partial charge is 0.372 e. The normalized spacial score (nSPS) is 20.4. The van der Waals surface area contributed by atoms with Crippen LogP contribution in [0.3, 0.4) is 0 Å². The molecule has 2 aromatic rings. The van der Waals surface area contributed by atoms with Crippen molar-refractivity contribution in [3.8, 4) is 0 Å². The van der Waals surface area contributed by atoms with Crippen molar-refractivity contribution in [1.82, 2.24) is 4.90 Å². The molecule has 0 aliphatic carbocycles. The van der Waals surface area contributed by atoms with E-state index in [4.69, 9.17) is 17.0 Å². The molecule has 0 bridgehead atoms. The summed E-state index contributed by atoms with van der Waals surface area (Å²) >= 11 is 7.22. The van der Waals surface area contributed by atoms with Crippen LogP contribution in [0.15, 0.2) is 48.5 Å². The van der Waals surface area contributed by atoms with Crippen molar-refractivity contribution in [1.29, 1.82) is 0 Å². The zero-order valence-electron chi connectivity index (χ0n) is 14.7. The maximum Gasteiger partial charge on any atom is 0.137 e. The van der Waals surface area contributed by atoms with E-state index >= 15 is 0 Å². The van der Waals surface area contributed by atoms with E-state index in [9.17, 15) is 8.78 Å². The molecule has 0 amide bonds. The lowest BCUT2D eigenvalue weighted by atomic mass is 10.0. The van der Waals surface area contributed by atoms with Gasteiger partial charge in [0.15, 0.2) is 0 Å². The van der Waals surface area contributed by atoms with Gasteiger partial charge in [-0.25, -0.2) is 8.78 Å². The van der Waals surface area contributed by atoms with Crippen LogP contribution in [0, 0.1) is 11.6 Å². The minimum Gasteiger partial charge on any atom is -0.372 e. The van der Waals surface area contributed by atoms with Gasteiger partial charge in [-0.1, -0.05) is 48.2 Å². The number of hydrogen-bond donors (Lipinski definition) is 0. The topological polar surface area (TPSA) is 12.5 Å². The minimum atomic E-state index is -0.282. The molecule has 3 rings (SSSR count). The van der Waals surface area contributed by atoms with Gasteiger partial charge in [-0.3, -0.25) is 0 Å². The molecule has 138 valence electrons. The van der Waals surface area contributed by atoms with Crippen molar-refractivity contribution < 1.29 is 13.5 Å². The molecule has 0 spiro atoms. The summed E-state index contributed by atoms with van der Waals surface area (Å²) in [6.07, 6.45) is 0.236. The Hall–Kier alpha value is -1.50. The summed E-state index contributed by atoms with van der Waals surface area (Å²) in [6, 6.07) is 12.8. The number of rotatable bonds is 3. The Kier molecular flexibility index (Phi) is 6.27. The highest BCUT2D eigenvalue weighted by atomic mass is 32.2. The summed E-state index contributed by atoms with van der Waals surface area (Å²) in [6.45, 7) is 5.56. The third-order valence-corrected chi connectivity index (χ3v) is 6.03. The second-order valence-electron chi connectivity index (χ2n) is 6.53. The van der Waals surface area contributed by atoms with Gasteiger partial charge in [0, 0.05) is 13.1 Å². The van der Waals surface area contributed by atoms with Crippen molar-refractivity contribution in [3.05, 3.63) is 71.3 Å². The molecular formula is C20H21F2NOS2. The van der Waals surface area contributed by atoms with Gasteiger partial charge in [-0.2, -0.15) is 0 Å². The van der Waals surface area contributed by atoms with Crippen LogP contribution >= 0.6 is 24.0 Å². The SMILES string of the molecule is C[C@@H]1CN(C(=S)SC(c2ccc(F)cc2)c2ccc(F)cc2)C[C@@H](C)O1. The first-order valence-electron chi connectivity index (χ1n) is 8.54. The first-order chi connectivity index (χ1) is 12.4. The summed E-state index contributed by atoms with van der Waals surface area (Å²) in [5, 5.41) is -0.128. The Bertz CT molecular complexity index is 696. The maximum absolute atomic E-state index is 13.3. The molecule has 2 nitrogen and oxygen atoms in total. The number of hydrogen-bond acceptors (Lipinski definition) is 3. The van der Waals surface area contributed by atoms with Gasteiger partial charge in [0.2, 0.25) is 0 Å². The average molecular weight is 394 g/mol. The Balaban J connectivity index is 1.84. The second-order valence-corrected chi connectivity index (χ2v) is 8.27. The van der Waals surface area contributed by atoms with E-state index in [0.717, 1.165) is 28.5 Å². The van der Waals surface area contributed by atoms with Crippen molar-refractivity contribution in [3.63, 3.8) is 0 Å². The third-order valence-electron chi connectivity index (χ3n) is 4.24. The summed E-state index contributed by atoms with van der Waals surface area (Å²) < 4.78 is 33.2. The summed E-state index contributed by atoms with van der Waals surface area (Å²) in [7, 11) is 0. The van der Waals surface area contributed by atoms with Gasteiger partial charge < -0.3 is 9.64 Å². The standard InChI is InChI=1S/C20H21F2NOS2/c1-13-11-23(12-14(2)24-13)20(25)26-19(15-3-7-17(21)8-4-15)16-5-9-18(22)10-6-16/h3-10,13-14,19H,11-12H2,1-2H3/t13-,14-/m1/s1. The van der Waals surface area contributed by atoms with Crippen molar-refractivity contribution in [2.45, 2.75) is 31.3 Å². The lowest BCUT2D eigenvalue weighted by Crippen LogP contribution is -2.46. The first-order valence-corrected chi connectivity index (χ1v) is 9.83. The highest BCUT2D eigenvalue weighted by molar-refractivity contribution is 8.23. The molecule has 0 unspecified atom stereocenters. The fourth-order valence-electron chi connectivity index (χ4n) is 3.11. The van der Waals surface area contributed by atoms with E-state index < -0.39 is 0 Å². The predicted octanol–water partition coefficient (Wildman–Crippen LogP) is 5.18. The fraction of sp³-hybridized carbons (Fsp3) is 0.350. The lowest BCUT2D eigenvalue weighted by molar-refractivity contribution is -0.0465.